The second-order valence-corrected chi connectivity index (χ2v) is 7.71. The van der Waals surface area contributed by atoms with Gasteiger partial charge in [-0.2, -0.15) is 0 Å². The lowest BCUT2D eigenvalue weighted by atomic mass is 10.1. The van der Waals surface area contributed by atoms with E-state index in [0.717, 1.165) is 13.0 Å². The van der Waals surface area contributed by atoms with Gasteiger partial charge in [-0.25, -0.2) is 17.7 Å². The monoisotopic (exact) mass is 466 g/mol. The lowest BCUT2D eigenvalue weighted by Crippen LogP contribution is -2.42. The van der Waals surface area contributed by atoms with Gasteiger partial charge in [0.25, 0.3) is 0 Å². The molecule has 1 heterocycles. The Balaban J connectivity index is 0.00000288. The molecule has 1 aliphatic heterocycles. The summed E-state index contributed by atoms with van der Waals surface area (Å²) >= 11 is 0. The Kier molecular flexibility index (Phi) is 8.99. The number of guanidine groups is 1. The molecule has 0 aliphatic carbocycles. The highest BCUT2D eigenvalue weighted by molar-refractivity contribution is 14.0. The van der Waals surface area contributed by atoms with E-state index in [9.17, 15) is 8.42 Å². The number of benzene rings is 1. The molecule has 2 N–H and O–H groups in total. The van der Waals surface area contributed by atoms with E-state index in [4.69, 9.17) is 0 Å². The third kappa shape index (κ3) is 6.21. The molecule has 2 rings (SSSR count). The van der Waals surface area contributed by atoms with Crippen molar-refractivity contribution in [2.75, 3.05) is 31.9 Å². The zero-order valence-corrected chi connectivity index (χ0v) is 17.4. The van der Waals surface area contributed by atoms with Gasteiger partial charge in [0.2, 0.25) is 10.0 Å². The molecule has 1 fully saturated rings. The number of nitrogens with zero attached hydrogens (tertiary/aromatic N) is 2. The average molecular weight is 466 g/mol. The Labute approximate surface area is 162 Å². The number of nitrogens with one attached hydrogen (secondary N) is 2. The maximum atomic E-state index is 11.8. The van der Waals surface area contributed by atoms with Crippen LogP contribution in [-0.2, 0) is 16.6 Å². The summed E-state index contributed by atoms with van der Waals surface area (Å²) in [4.78, 5) is 4.57. The van der Waals surface area contributed by atoms with Crippen molar-refractivity contribution in [1.82, 2.24) is 14.9 Å². The van der Waals surface area contributed by atoms with Crippen molar-refractivity contribution in [2.24, 2.45) is 4.99 Å². The number of sulfonamides is 1. The first-order chi connectivity index (χ1) is 11.0. The molecule has 0 atom stereocenters. The Morgan fingerprint density at radius 1 is 1.29 bits per heavy atom. The van der Waals surface area contributed by atoms with Crippen LogP contribution in [-0.4, -0.2) is 50.6 Å². The van der Waals surface area contributed by atoms with Gasteiger partial charge in [0.15, 0.2) is 5.96 Å². The molecule has 24 heavy (non-hydrogen) atoms. The Morgan fingerprint density at radius 3 is 2.67 bits per heavy atom. The first-order valence-electron chi connectivity index (χ1n) is 8.07. The number of hydrogen-bond acceptors (Lipinski definition) is 3. The fraction of sp³-hybridized carbons (Fsp3) is 0.562. The molecule has 1 aromatic rings. The molecule has 0 saturated carbocycles. The van der Waals surface area contributed by atoms with Crippen molar-refractivity contribution in [3.05, 3.63) is 35.4 Å². The standard InChI is InChI=1S/C16H26N4O2S.HI/c1-3-17-16(19-13-15-8-5-4-7-14(15)2)18-9-11-20-10-6-12-23(20,21)22;/h4-5,7-8H,3,6,9-13H2,1-2H3,(H2,17,18,19);1H. The van der Waals surface area contributed by atoms with E-state index in [0.29, 0.717) is 32.1 Å². The number of rotatable bonds is 6. The zero-order valence-electron chi connectivity index (χ0n) is 14.3. The van der Waals surface area contributed by atoms with Crippen LogP contribution in [0.5, 0.6) is 0 Å². The van der Waals surface area contributed by atoms with E-state index in [-0.39, 0.29) is 29.7 Å². The highest BCUT2D eigenvalue weighted by Gasteiger charge is 2.27. The minimum Gasteiger partial charge on any atom is -0.357 e. The summed E-state index contributed by atoms with van der Waals surface area (Å²) in [5, 5.41) is 6.40. The average Bonchev–Trinajstić information content (AvgIpc) is 2.85. The quantitative estimate of drug-likeness (QED) is 0.381. The number of aryl methyl sites for hydroxylation is 1. The molecule has 136 valence electrons. The molecular weight excluding hydrogens is 439 g/mol. The molecule has 1 aromatic carbocycles. The van der Waals surface area contributed by atoms with Crippen LogP contribution in [0, 0.1) is 6.92 Å². The SMILES string of the molecule is CCNC(=NCc1ccccc1C)NCCN1CCCS1(=O)=O.I. The predicted molar refractivity (Wildman–Crippen MR) is 109 cm³/mol. The zero-order chi connectivity index (χ0) is 16.7. The summed E-state index contributed by atoms with van der Waals surface area (Å²) in [5.74, 6) is 0.987. The summed E-state index contributed by atoms with van der Waals surface area (Å²) < 4.78 is 25.1. The third-order valence-electron chi connectivity index (χ3n) is 3.87. The van der Waals surface area contributed by atoms with Crippen molar-refractivity contribution < 1.29 is 8.42 Å². The molecule has 8 heteroatoms. The van der Waals surface area contributed by atoms with Crippen LogP contribution in [0.1, 0.15) is 24.5 Å². The van der Waals surface area contributed by atoms with E-state index < -0.39 is 10.0 Å². The topological polar surface area (TPSA) is 73.8 Å². The Bertz CT molecular complexity index is 649. The van der Waals surface area contributed by atoms with Gasteiger partial charge in [-0.15, -0.1) is 24.0 Å². The summed E-state index contributed by atoms with van der Waals surface area (Å²) in [6, 6.07) is 8.17. The lowest BCUT2D eigenvalue weighted by molar-refractivity contribution is 0.445. The molecule has 0 aromatic heterocycles. The number of hydrogen-bond donors (Lipinski definition) is 2. The van der Waals surface area contributed by atoms with E-state index in [1.54, 1.807) is 4.31 Å². The van der Waals surface area contributed by atoms with E-state index in [2.05, 4.69) is 34.7 Å². The Morgan fingerprint density at radius 2 is 2.04 bits per heavy atom. The summed E-state index contributed by atoms with van der Waals surface area (Å²) in [6.45, 7) is 7.11. The van der Waals surface area contributed by atoms with Gasteiger partial charge in [-0.1, -0.05) is 24.3 Å². The van der Waals surface area contributed by atoms with Gasteiger partial charge in [-0.3, -0.25) is 0 Å². The number of halogens is 1. The molecule has 0 radical (unpaired) electrons. The molecule has 1 saturated heterocycles. The van der Waals surface area contributed by atoms with Crippen LogP contribution in [0.4, 0.5) is 0 Å². The van der Waals surface area contributed by atoms with Crippen LogP contribution in [0.2, 0.25) is 0 Å². The smallest absolute Gasteiger partial charge is 0.214 e. The molecule has 0 unspecified atom stereocenters. The second-order valence-electron chi connectivity index (χ2n) is 5.62. The van der Waals surface area contributed by atoms with Crippen molar-refractivity contribution >= 4 is 40.0 Å². The summed E-state index contributed by atoms with van der Waals surface area (Å²) in [5.41, 5.74) is 2.40. The van der Waals surface area contributed by atoms with Crippen molar-refractivity contribution in [2.45, 2.75) is 26.8 Å². The van der Waals surface area contributed by atoms with E-state index in [1.807, 2.05) is 19.1 Å². The fourth-order valence-electron chi connectivity index (χ4n) is 2.53. The normalized spacial score (nSPS) is 17.3. The van der Waals surface area contributed by atoms with E-state index >= 15 is 0 Å². The highest BCUT2D eigenvalue weighted by atomic mass is 127. The fourth-order valence-corrected chi connectivity index (χ4v) is 4.06. The summed E-state index contributed by atoms with van der Waals surface area (Å²) in [6.07, 6.45) is 0.726. The van der Waals surface area contributed by atoms with Crippen molar-refractivity contribution in [3.8, 4) is 0 Å². The lowest BCUT2D eigenvalue weighted by Gasteiger charge is -2.16. The van der Waals surface area contributed by atoms with Crippen LogP contribution in [0.15, 0.2) is 29.3 Å². The predicted octanol–water partition coefficient (Wildman–Crippen LogP) is 1.70. The van der Waals surface area contributed by atoms with Gasteiger partial charge in [0, 0.05) is 26.2 Å². The van der Waals surface area contributed by atoms with Gasteiger partial charge < -0.3 is 10.6 Å². The minimum atomic E-state index is -3.03. The van der Waals surface area contributed by atoms with Crippen LogP contribution in [0.25, 0.3) is 0 Å². The maximum absolute atomic E-state index is 11.8. The molecule has 6 nitrogen and oxygen atoms in total. The van der Waals surface area contributed by atoms with Gasteiger partial charge >= 0.3 is 0 Å². The highest BCUT2D eigenvalue weighted by Crippen LogP contribution is 2.11. The first-order valence-corrected chi connectivity index (χ1v) is 9.68. The van der Waals surface area contributed by atoms with Gasteiger partial charge in [0.05, 0.1) is 12.3 Å². The van der Waals surface area contributed by atoms with Gasteiger partial charge in [-0.05, 0) is 31.4 Å². The minimum absolute atomic E-state index is 0. The van der Waals surface area contributed by atoms with Crippen LogP contribution < -0.4 is 10.6 Å². The first kappa shape index (κ1) is 21.2. The molecule has 1 aliphatic rings. The van der Waals surface area contributed by atoms with Crippen molar-refractivity contribution in [3.63, 3.8) is 0 Å². The van der Waals surface area contributed by atoms with Gasteiger partial charge in [0.1, 0.15) is 0 Å². The molecule has 0 spiro atoms. The van der Waals surface area contributed by atoms with Crippen molar-refractivity contribution in [1.29, 1.82) is 0 Å². The second kappa shape index (κ2) is 10.2. The third-order valence-corrected chi connectivity index (χ3v) is 5.83. The van der Waals surface area contributed by atoms with E-state index in [1.165, 1.54) is 11.1 Å². The molecule has 0 bridgehead atoms. The van der Waals surface area contributed by atoms with Crippen LogP contribution >= 0.6 is 24.0 Å². The largest absolute Gasteiger partial charge is 0.357 e. The maximum Gasteiger partial charge on any atom is 0.214 e. The molecule has 0 amide bonds. The van der Waals surface area contributed by atoms with Crippen LogP contribution in [0.3, 0.4) is 0 Å². The number of aliphatic imine (C=N–C) groups is 1. The molecular formula is C16H27IN4O2S. The summed E-state index contributed by atoms with van der Waals surface area (Å²) in [7, 11) is -3.03. The Hall–Kier alpha value is -0.870.